The molecule has 11 heteroatoms. The van der Waals surface area contributed by atoms with Crippen LogP contribution in [0.25, 0.3) is 5.78 Å². The maximum atomic E-state index is 13.0. The largest absolute Gasteiger partial charge is 0.453 e. The molecule has 1 saturated heterocycles. The molecule has 0 radical (unpaired) electrons. The number of anilines is 1. The van der Waals surface area contributed by atoms with Gasteiger partial charge in [-0.2, -0.15) is 27.8 Å². The van der Waals surface area contributed by atoms with Crippen molar-refractivity contribution in [2.45, 2.75) is 25.7 Å². The third kappa shape index (κ3) is 3.21. The molecule has 1 fully saturated rings. The van der Waals surface area contributed by atoms with Gasteiger partial charge in [-0.15, -0.1) is 5.10 Å². The maximum absolute atomic E-state index is 13.0. The van der Waals surface area contributed by atoms with Crippen molar-refractivity contribution < 1.29 is 17.9 Å². The molecule has 8 nitrogen and oxygen atoms in total. The summed E-state index contributed by atoms with van der Waals surface area (Å²) in [4.78, 5) is 9.52. The van der Waals surface area contributed by atoms with E-state index < -0.39 is 12.0 Å². The monoisotopic (exact) mass is 367 g/mol. The Morgan fingerprint density at radius 2 is 2.15 bits per heavy atom. The number of alkyl halides is 3. The van der Waals surface area contributed by atoms with Crippen molar-refractivity contribution in [2.24, 2.45) is 0 Å². The molecule has 3 aromatic heterocycles. The van der Waals surface area contributed by atoms with Crippen LogP contribution in [-0.4, -0.2) is 55.2 Å². The van der Waals surface area contributed by atoms with Gasteiger partial charge in [-0.3, -0.25) is 4.68 Å². The predicted molar refractivity (Wildman–Crippen MR) is 84.7 cm³/mol. The second kappa shape index (κ2) is 6.24. The van der Waals surface area contributed by atoms with Gasteiger partial charge in [-0.1, -0.05) is 0 Å². The van der Waals surface area contributed by atoms with Gasteiger partial charge in [0.2, 0.25) is 0 Å². The molecule has 1 atom stereocenters. The van der Waals surface area contributed by atoms with Crippen molar-refractivity contribution >= 4 is 11.6 Å². The van der Waals surface area contributed by atoms with Crippen LogP contribution in [0.5, 0.6) is 0 Å². The Balaban J connectivity index is 1.65. The predicted octanol–water partition coefficient (Wildman–Crippen LogP) is 1.55. The van der Waals surface area contributed by atoms with Gasteiger partial charge < -0.3 is 9.64 Å². The van der Waals surface area contributed by atoms with Gasteiger partial charge in [0.1, 0.15) is 5.82 Å². The molecule has 0 spiro atoms. The average molecular weight is 367 g/mol. The molecule has 0 saturated carbocycles. The molecule has 26 heavy (non-hydrogen) atoms. The summed E-state index contributed by atoms with van der Waals surface area (Å²) in [5.74, 6) is -0.745. The fourth-order valence-corrected chi connectivity index (χ4v) is 2.97. The van der Waals surface area contributed by atoms with Crippen molar-refractivity contribution in [3.63, 3.8) is 0 Å². The van der Waals surface area contributed by atoms with E-state index in [0.717, 1.165) is 4.52 Å². The molecule has 3 aromatic rings. The van der Waals surface area contributed by atoms with Crippen LogP contribution in [0.3, 0.4) is 0 Å². The van der Waals surface area contributed by atoms with Gasteiger partial charge in [0, 0.05) is 37.2 Å². The number of ether oxygens (including phenoxy) is 1. The summed E-state index contributed by atoms with van der Waals surface area (Å²) in [6.07, 6.45) is -1.24. The number of halogens is 3. The Hall–Kier alpha value is -2.69. The van der Waals surface area contributed by atoms with Crippen molar-refractivity contribution in [1.82, 2.24) is 29.4 Å². The first-order chi connectivity index (χ1) is 12.4. The van der Waals surface area contributed by atoms with E-state index in [2.05, 4.69) is 20.2 Å². The first kappa shape index (κ1) is 16.8. The fourth-order valence-electron chi connectivity index (χ4n) is 2.97. The Morgan fingerprint density at radius 3 is 2.88 bits per heavy atom. The van der Waals surface area contributed by atoms with Crippen molar-refractivity contribution in [1.29, 1.82) is 0 Å². The minimum atomic E-state index is -4.62. The topological polar surface area (TPSA) is 73.4 Å². The molecule has 1 aliphatic heterocycles. The molecular formula is C15H16F3N7O. The fraction of sp³-hybridized carbons (Fsp3) is 0.467. The number of nitrogens with zero attached hydrogens (tertiary/aromatic N) is 7. The highest BCUT2D eigenvalue weighted by atomic mass is 19.4. The molecule has 0 N–H and O–H groups in total. The second-order valence-corrected chi connectivity index (χ2v) is 6.07. The van der Waals surface area contributed by atoms with Crippen LogP contribution >= 0.6 is 0 Å². The first-order valence-corrected chi connectivity index (χ1v) is 8.06. The molecular weight excluding hydrogens is 351 g/mol. The highest BCUT2D eigenvalue weighted by Crippen LogP contribution is 2.28. The van der Waals surface area contributed by atoms with E-state index in [9.17, 15) is 13.2 Å². The zero-order chi connectivity index (χ0) is 18.3. The van der Waals surface area contributed by atoms with Crippen LogP contribution in [0, 0.1) is 6.92 Å². The molecule has 0 aliphatic carbocycles. The lowest BCUT2D eigenvalue weighted by Crippen LogP contribution is -2.45. The van der Waals surface area contributed by atoms with Gasteiger partial charge in [-0.25, -0.2) is 4.98 Å². The molecule has 0 amide bonds. The van der Waals surface area contributed by atoms with E-state index >= 15 is 0 Å². The van der Waals surface area contributed by atoms with Gasteiger partial charge in [0.05, 0.1) is 19.3 Å². The second-order valence-electron chi connectivity index (χ2n) is 6.07. The zero-order valence-electron chi connectivity index (χ0n) is 13.9. The standard InChI is InChI=1S/C15H16F3N7O/c1-10-7-12(25-14(20-10)21-13(22-25)15(16,17)18)23-5-6-26-11(8-23)9-24-4-2-3-19-24/h2-4,7,11H,5-6,8-9H2,1H3. The number of rotatable bonds is 3. The Morgan fingerprint density at radius 1 is 1.31 bits per heavy atom. The van der Waals surface area contributed by atoms with Crippen LogP contribution in [0.2, 0.25) is 0 Å². The first-order valence-electron chi connectivity index (χ1n) is 8.06. The number of aromatic nitrogens is 6. The number of hydrogen-bond acceptors (Lipinski definition) is 6. The van der Waals surface area contributed by atoms with Crippen LogP contribution in [-0.2, 0) is 17.5 Å². The smallest absolute Gasteiger partial charge is 0.373 e. The van der Waals surface area contributed by atoms with Gasteiger partial charge in [0.25, 0.3) is 11.6 Å². The van der Waals surface area contributed by atoms with E-state index in [1.807, 2.05) is 17.2 Å². The Bertz CT molecular complexity index is 906. The summed E-state index contributed by atoms with van der Waals surface area (Å²) in [6.45, 7) is 3.76. The molecule has 1 unspecified atom stereocenters. The van der Waals surface area contributed by atoms with Crippen molar-refractivity contribution in [2.75, 3.05) is 24.6 Å². The van der Waals surface area contributed by atoms with Crippen LogP contribution in [0.1, 0.15) is 11.5 Å². The molecule has 1 aliphatic rings. The summed E-state index contributed by atoms with van der Waals surface area (Å²) < 4.78 is 47.6. The third-order valence-electron chi connectivity index (χ3n) is 4.09. The van der Waals surface area contributed by atoms with E-state index in [-0.39, 0.29) is 11.9 Å². The Kier molecular flexibility index (Phi) is 4.02. The molecule has 4 rings (SSSR count). The molecule has 4 heterocycles. The summed E-state index contributed by atoms with van der Waals surface area (Å²) in [5, 5.41) is 7.78. The molecule has 138 valence electrons. The van der Waals surface area contributed by atoms with Gasteiger partial charge in [-0.05, 0) is 13.0 Å². The normalized spacial score (nSPS) is 18.6. The minimum absolute atomic E-state index is 0.0672. The van der Waals surface area contributed by atoms with Crippen molar-refractivity contribution in [3.8, 4) is 0 Å². The average Bonchev–Trinajstić information content (AvgIpc) is 3.23. The van der Waals surface area contributed by atoms with Crippen LogP contribution < -0.4 is 4.90 Å². The lowest BCUT2D eigenvalue weighted by atomic mass is 10.2. The van der Waals surface area contributed by atoms with E-state index in [0.29, 0.717) is 37.8 Å². The van der Waals surface area contributed by atoms with Crippen LogP contribution in [0.15, 0.2) is 24.5 Å². The lowest BCUT2D eigenvalue weighted by molar-refractivity contribution is -0.144. The summed E-state index contributed by atoms with van der Waals surface area (Å²) in [6, 6.07) is 3.53. The number of morpholine rings is 1. The van der Waals surface area contributed by atoms with Gasteiger partial charge >= 0.3 is 6.18 Å². The number of fused-ring (bicyclic) bond motifs is 1. The number of aryl methyl sites for hydroxylation is 1. The van der Waals surface area contributed by atoms with Crippen LogP contribution in [0.4, 0.5) is 19.0 Å². The van der Waals surface area contributed by atoms with Crippen molar-refractivity contribution in [3.05, 3.63) is 36.0 Å². The third-order valence-corrected chi connectivity index (χ3v) is 4.09. The number of hydrogen-bond donors (Lipinski definition) is 0. The van der Waals surface area contributed by atoms with Gasteiger partial charge in [0.15, 0.2) is 0 Å². The Labute approximate surface area is 146 Å². The quantitative estimate of drug-likeness (QED) is 0.699. The highest BCUT2D eigenvalue weighted by molar-refractivity contribution is 5.48. The van der Waals surface area contributed by atoms with E-state index in [1.54, 1.807) is 23.9 Å². The molecule has 0 bridgehead atoms. The lowest BCUT2D eigenvalue weighted by Gasteiger charge is -2.34. The zero-order valence-corrected chi connectivity index (χ0v) is 13.9. The summed E-state index contributed by atoms with van der Waals surface area (Å²) in [7, 11) is 0. The summed E-state index contributed by atoms with van der Waals surface area (Å²) >= 11 is 0. The highest BCUT2D eigenvalue weighted by Gasteiger charge is 2.37. The molecule has 0 aromatic carbocycles. The van der Waals surface area contributed by atoms with E-state index in [4.69, 9.17) is 4.74 Å². The maximum Gasteiger partial charge on any atom is 0.453 e. The minimum Gasteiger partial charge on any atom is -0.373 e. The van der Waals surface area contributed by atoms with E-state index in [1.165, 1.54) is 0 Å². The SMILES string of the molecule is Cc1cc(N2CCOC(Cn3cccn3)C2)n2nc(C(F)(F)F)nc2n1. The summed E-state index contributed by atoms with van der Waals surface area (Å²) in [5.41, 5.74) is 0.573.